The first kappa shape index (κ1) is 13.5. The quantitative estimate of drug-likeness (QED) is 0.733. The molecule has 0 aromatic heterocycles. The molecular weight excluding hydrogens is 204 g/mol. The second kappa shape index (κ2) is 5.15. The van der Waals surface area contributed by atoms with E-state index in [4.69, 9.17) is 5.11 Å². The highest BCUT2D eigenvalue weighted by atomic mass is 16.3. The van der Waals surface area contributed by atoms with Gasteiger partial charge in [0.1, 0.15) is 0 Å². The molecule has 4 nitrogen and oxygen atoms in total. The molecule has 2 N–H and O–H groups in total. The number of nitrogens with one attached hydrogen (secondary N) is 1. The van der Waals surface area contributed by atoms with E-state index in [0.717, 1.165) is 13.0 Å². The first-order valence-electron chi connectivity index (χ1n) is 6.05. The molecule has 0 radical (unpaired) electrons. The molecule has 1 saturated heterocycles. The summed E-state index contributed by atoms with van der Waals surface area (Å²) in [6, 6.07) is 0.151. The number of aliphatic hydroxyl groups excluding tert-OH is 1. The first-order valence-corrected chi connectivity index (χ1v) is 6.05. The number of nitrogens with zero attached hydrogens (tertiary/aromatic N) is 1. The molecule has 1 fully saturated rings. The zero-order valence-corrected chi connectivity index (χ0v) is 10.8. The van der Waals surface area contributed by atoms with Crippen molar-refractivity contribution in [3.63, 3.8) is 0 Å². The van der Waals surface area contributed by atoms with Gasteiger partial charge in [0.05, 0.1) is 6.04 Å². The topological polar surface area (TPSA) is 52.6 Å². The summed E-state index contributed by atoms with van der Waals surface area (Å²) in [6.07, 6.45) is 1.47. The minimum Gasteiger partial charge on any atom is -0.396 e. The van der Waals surface area contributed by atoms with Crippen LogP contribution in [0, 0.1) is 0 Å². The molecule has 0 aromatic rings. The minimum atomic E-state index is -0.206. The van der Waals surface area contributed by atoms with Gasteiger partial charge in [0.15, 0.2) is 0 Å². The normalized spacial score (nSPS) is 28.7. The molecule has 2 atom stereocenters. The monoisotopic (exact) mass is 228 g/mol. The van der Waals surface area contributed by atoms with Crippen LogP contribution in [0.2, 0.25) is 0 Å². The van der Waals surface area contributed by atoms with Gasteiger partial charge < -0.3 is 10.4 Å². The molecule has 1 aliphatic rings. The number of aliphatic hydroxyl groups is 1. The van der Waals surface area contributed by atoms with Crippen LogP contribution in [0.4, 0.5) is 0 Å². The largest absolute Gasteiger partial charge is 0.396 e. The molecule has 1 rings (SSSR count). The predicted octanol–water partition coefficient (Wildman–Crippen LogP) is 0.746. The van der Waals surface area contributed by atoms with Crippen LogP contribution in [0.15, 0.2) is 0 Å². The third-order valence-electron chi connectivity index (χ3n) is 3.15. The fourth-order valence-corrected chi connectivity index (χ4v) is 2.62. The van der Waals surface area contributed by atoms with E-state index in [1.807, 2.05) is 0 Å². The number of rotatable bonds is 2. The van der Waals surface area contributed by atoms with Gasteiger partial charge >= 0.3 is 0 Å². The van der Waals surface area contributed by atoms with Crippen LogP contribution >= 0.6 is 0 Å². The zero-order chi connectivity index (χ0) is 12.3. The Hall–Kier alpha value is -0.610. The maximum absolute atomic E-state index is 11.9. The molecule has 16 heavy (non-hydrogen) atoms. The highest BCUT2D eigenvalue weighted by Gasteiger charge is 2.37. The summed E-state index contributed by atoms with van der Waals surface area (Å²) in [5, 5.41) is 12.0. The van der Waals surface area contributed by atoms with E-state index in [1.165, 1.54) is 0 Å². The van der Waals surface area contributed by atoms with Gasteiger partial charge in [0, 0.05) is 24.7 Å². The summed E-state index contributed by atoms with van der Waals surface area (Å²) < 4.78 is 0. The highest BCUT2D eigenvalue weighted by molar-refractivity contribution is 5.82. The molecular formula is C12H24N2O2. The lowest BCUT2D eigenvalue weighted by Gasteiger charge is -2.43. The molecule has 2 unspecified atom stereocenters. The molecule has 0 saturated carbocycles. The van der Waals surface area contributed by atoms with Crippen LogP contribution in [0.1, 0.15) is 40.5 Å². The van der Waals surface area contributed by atoms with E-state index < -0.39 is 0 Å². The first-order chi connectivity index (χ1) is 7.38. The number of carbonyl (C=O) groups is 1. The summed E-state index contributed by atoms with van der Waals surface area (Å²) in [4.78, 5) is 14.2. The van der Waals surface area contributed by atoms with Crippen LogP contribution < -0.4 is 5.32 Å². The standard InChI is InChI=1S/C12H24N2O2/c1-9-5-7-13-11(16)10(6-8-15)14(9)12(2,3)4/h9-10,15H,5-8H2,1-4H3,(H,13,16). The Morgan fingerprint density at radius 3 is 2.62 bits per heavy atom. The van der Waals surface area contributed by atoms with E-state index in [0.29, 0.717) is 12.5 Å². The van der Waals surface area contributed by atoms with Crippen molar-refractivity contribution in [2.45, 2.75) is 58.2 Å². The summed E-state index contributed by atoms with van der Waals surface area (Å²) >= 11 is 0. The molecule has 4 heteroatoms. The van der Waals surface area contributed by atoms with Crippen LogP contribution in [0.5, 0.6) is 0 Å². The highest BCUT2D eigenvalue weighted by Crippen LogP contribution is 2.25. The van der Waals surface area contributed by atoms with Gasteiger partial charge in [-0.25, -0.2) is 0 Å². The Labute approximate surface area is 98.0 Å². The lowest BCUT2D eigenvalue weighted by Crippen LogP contribution is -2.56. The van der Waals surface area contributed by atoms with Crippen LogP contribution in [0.25, 0.3) is 0 Å². The van der Waals surface area contributed by atoms with Crippen molar-refractivity contribution in [1.82, 2.24) is 10.2 Å². The van der Waals surface area contributed by atoms with Crippen molar-refractivity contribution in [2.24, 2.45) is 0 Å². The van der Waals surface area contributed by atoms with E-state index in [9.17, 15) is 4.79 Å². The molecule has 1 heterocycles. The predicted molar refractivity (Wildman–Crippen MR) is 64.2 cm³/mol. The number of hydrogen-bond acceptors (Lipinski definition) is 3. The molecule has 94 valence electrons. The average Bonchev–Trinajstić information content (AvgIpc) is 2.26. The Bertz CT molecular complexity index is 248. The third kappa shape index (κ3) is 2.95. The molecule has 0 aliphatic carbocycles. The number of hydrogen-bond donors (Lipinski definition) is 2. The lowest BCUT2D eigenvalue weighted by molar-refractivity contribution is -0.129. The van der Waals surface area contributed by atoms with Crippen molar-refractivity contribution in [3.8, 4) is 0 Å². The Morgan fingerprint density at radius 2 is 2.12 bits per heavy atom. The maximum atomic E-state index is 11.9. The fourth-order valence-electron chi connectivity index (χ4n) is 2.62. The molecule has 0 spiro atoms. The van der Waals surface area contributed by atoms with Gasteiger partial charge in [-0.05, 0) is 40.5 Å². The molecule has 1 amide bonds. The van der Waals surface area contributed by atoms with Crippen molar-refractivity contribution >= 4 is 5.91 Å². The summed E-state index contributed by atoms with van der Waals surface area (Å²) in [5.74, 6) is 0.0494. The number of carbonyl (C=O) groups excluding carboxylic acids is 1. The Morgan fingerprint density at radius 1 is 1.50 bits per heavy atom. The fraction of sp³-hybridized carbons (Fsp3) is 0.917. The Balaban J connectivity index is 2.96. The van der Waals surface area contributed by atoms with Crippen molar-refractivity contribution in [1.29, 1.82) is 0 Å². The number of amides is 1. The molecule has 0 bridgehead atoms. The van der Waals surface area contributed by atoms with E-state index in [-0.39, 0.29) is 24.1 Å². The van der Waals surface area contributed by atoms with E-state index in [1.54, 1.807) is 0 Å². The van der Waals surface area contributed by atoms with Gasteiger partial charge in [0.2, 0.25) is 5.91 Å². The van der Waals surface area contributed by atoms with Crippen LogP contribution in [-0.2, 0) is 4.79 Å². The maximum Gasteiger partial charge on any atom is 0.237 e. The van der Waals surface area contributed by atoms with Crippen molar-refractivity contribution < 1.29 is 9.90 Å². The van der Waals surface area contributed by atoms with Gasteiger partial charge in [0.25, 0.3) is 0 Å². The minimum absolute atomic E-state index is 0.0494. The lowest BCUT2D eigenvalue weighted by atomic mass is 9.97. The summed E-state index contributed by atoms with van der Waals surface area (Å²) in [5.41, 5.74) is -0.0546. The Kier molecular flexibility index (Phi) is 4.33. The molecule has 1 aliphatic heterocycles. The van der Waals surface area contributed by atoms with Gasteiger partial charge in [-0.2, -0.15) is 0 Å². The van der Waals surface area contributed by atoms with Gasteiger partial charge in [-0.15, -0.1) is 0 Å². The second-order valence-corrected chi connectivity index (χ2v) is 5.53. The van der Waals surface area contributed by atoms with Crippen molar-refractivity contribution in [3.05, 3.63) is 0 Å². The molecule has 0 aromatic carbocycles. The second-order valence-electron chi connectivity index (χ2n) is 5.53. The summed E-state index contributed by atoms with van der Waals surface area (Å²) in [7, 11) is 0. The zero-order valence-electron chi connectivity index (χ0n) is 10.8. The van der Waals surface area contributed by atoms with E-state index >= 15 is 0 Å². The SMILES string of the molecule is CC1CCNC(=O)C(CCO)N1C(C)(C)C. The summed E-state index contributed by atoms with van der Waals surface area (Å²) in [6.45, 7) is 9.28. The van der Waals surface area contributed by atoms with Crippen LogP contribution in [-0.4, -0.2) is 46.7 Å². The average molecular weight is 228 g/mol. The van der Waals surface area contributed by atoms with Crippen molar-refractivity contribution in [2.75, 3.05) is 13.2 Å². The van der Waals surface area contributed by atoms with Gasteiger partial charge in [-0.3, -0.25) is 9.69 Å². The van der Waals surface area contributed by atoms with E-state index in [2.05, 4.69) is 37.9 Å². The third-order valence-corrected chi connectivity index (χ3v) is 3.15. The van der Waals surface area contributed by atoms with Crippen LogP contribution in [0.3, 0.4) is 0 Å². The van der Waals surface area contributed by atoms with Gasteiger partial charge in [-0.1, -0.05) is 0 Å². The smallest absolute Gasteiger partial charge is 0.237 e.